The third-order valence-corrected chi connectivity index (χ3v) is 2.89. The zero-order valence-corrected chi connectivity index (χ0v) is 11.6. The summed E-state index contributed by atoms with van der Waals surface area (Å²) in [4.78, 5) is 7.30. The standard InChI is InChI=1S/C14H27N3O/c1-2-3-4-5-12-18-13-11-15-8-6-7-14-16-9-10-17-14/h9-10,15H,2-8,11-13H2,1H3,(H,16,17). The molecular weight excluding hydrogens is 226 g/mol. The van der Waals surface area contributed by atoms with E-state index in [0.29, 0.717) is 0 Å². The van der Waals surface area contributed by atoms with Gasteiger partial charge in [-0.15, -0.1) is 0 Å². The monoisotopic (exact) mass is 253 g/mol. The lowest BCUT2D eigenvalue weighted by Crippen LogP contribution is -2.21. The van der Waals surface area contributed by atoms with E-state index in [-0.39, 0.29) is 0 Å². The third-order valence-electron chi connectivity index (χ3n) is 2.89. The number of nitrogens with zero attached hydrogens (tertiary/aromatic N) is 1. The Labute approximate surface area is 111 Å². The summed E-state index contributed by atoms with van der Waals surface area (Å²) in [5.41, 5.74) is 0. The molecule has 1 aromatic heterocycles. The molecule has 1 aromatic rings. The number of hydrogen-bond acceptors (Lipinski definition) is 3. The second-order valence-corrected chi connectivity index (χ2v) is 4.56. The van der Waals surface area contributed by atoms with Crippen LogP contribution in [0.25, 0.3) is 0 Å². The molecule has 0 aliphatic carbocycles. The molecule has 0 atom stereocenters. The molecule has 0 aliphatic heterocycles. The lowest BCUT2D eigenvalue weighted by molar-refractivity contribution is 0.131. The van der Waals surface area contributed by atoms with Gasteiger partial charge < -0.3 is 15.0 Å². The molecule has 0 saturated carbocycles. The minimum Gasteiger partial charge on any atom is -0.380 e. The van der Waals surface area contributed by atoms with E-state index in [1.54, 1.807) is 6.20 Å². The predicted molar refractivity (Wildman–Crippen MR) is 74.7 cm³/mol. The number of aromatic amines is 1. The molecule has 0 aliphatic rings. The van der Waals surface area contributed by atoms with Gasteiger partial charge in [-0.2, -0.15) is 0 Å². The van der Waals surface area contributed by atoms with Crippen molar-refractivity contribution in [1.82, 2.24) is 15.3 Å². The average Bonchev–Trinajstić information content (AvgIpc) is 2.89. The van der Waals surface area contributed by atoms with Gasteiger partial charge in [0.2, 0.25) is 0 Å². The molecule has 1 rings (SSSR count). The molecule has 4 heteroatoms. The summed E-state index contributed by atoms with van der Waals surface area (Å²) in [6.07, 6.45) is 10.9. The van der Waals surface area contributed by atoms with Crippen LogP contribution in [0.3, 0.4) is 0 Å². The van der Waals surface area contributed by atoms with Crippen LogP contribution in [0.2, 0.25) is 0 Å². The van der Waals surface area contributed by atoms with Gasteiger partial charge in [-0.05, 0) is 19.4 Å². The van der Waals surface area contributed by atoms with Crippen molar-refractivity contribution < 1.29 is 4.74 Å². The Hall–Kier alpha value is -0.870. The van der Waals surface area contributed by atoms with Crippen LogP contribution in [0.4, 0.5) is 0 Å². The first-order chi connectivity index (χ1) is 8.93. The summed E-state index contributed by atoms with van der Waals surface area (Å²) in [6, 6.07) is 0. The zero-order chi connectivity index (χ0) is 12.9. The quantitative estimate of drug-likeness (QED) is 0.563. The van der Waals surface area contributed by atoms with E-state index >= 15 is 0 Å². The molecule has 0 fully saturated rings. The van der Waals surface area contributed by atoms with Crippen molar-refractivity contribution in [2.45, 2.75) is 45.4 Å². The van der Waals surface area contributed by atoms with Crippen molar-refractivity contribution in [1.29, 1.82) is 0 Å². The smallest absolute Gasteiger partial charge is 0.106 e. The van der Waals surface area contributed by atoms with Crippen molar-refractivity contribution >= 4 is 0 Å². The van der Waals surface area contributed by atoms with Gasteiger partial charge in [-0.1, -0.05) is 26.2 Å². The van der Waals surface area contributed by atoms with Crippen LogP contribution in [0.5, 0.6) is 0 Å². The van der Waals surface area contributed by atoms with Crippen LogP contribution >= 0.6 is 0 Å². The normalized spacial score (nSPS) is 10.9. The van der Waals surface area contributed by atoms with E-state index in [0.717, 1.165) is 45.0 Å². The largest absolute Gasteiger partial charge is 0.380 e. The van der Waals surface area contributed by atoms with Gasteiger partial charge in [0, 0.05) is 32.0 Å². The van der Waals surface area contributed by atoms with Crippen molar-refractivity contribution in [3.8, 4) is 0 Å². The molecule has 2 N–H and O–H groups in total. The number of hydrogen-bond donors (Lipinski definition) is 2. The first-order valence-corrected chi connectivity index (χ1v) is 7.20. The summed E-state index contributed by atoms with van der Waals surface area (Å²) in [6.45, 7) is 5.94. The maximum atomic E-state index is 5.55. The summed E-state index contributed by atoms with van der Waals surface area (Å²) in [5.74, 6) is 1.07. The highest BCUT2D eigenvalue weighted by Crippen LogP contribution is 1.98. The summed E-state index contributed by atoms with van der Waals surface area (Å²) >= 11 is 0. The topological polar surface area (TPSA) is 49.9 Å². The molecule has 0 unspecified atom stereocenters. The summed E-state index contributed by atoms with van der Waals surface area (Å²) < 4.78 is 5.55. The van der Waals surface area contributed by atoms with Crippen LogP contribution in [-0.4, -0.2) is 36.3 Å². The minimum absolute atomic E-state index is 0.826. The first kappa shape index (κ1) is 15.2. The van der Waals surface area contributed by atoms with E-state index in [2.05, 4.69) is 22.2 Å². The first-order valence-electron chi connectivity index (χ1n) is 7.20. The van der Waals surface area contributed by atoms with Crippen LogP contribution < -0.4 is 5.32 Å². The highest BCUT2D eigenvalue weighted by atomic mass is 16.5. The van der Waals surface area contributed by atoms with Gasteiger partial charge in [-0.25, -0.2) is 4.98 Å². The molecular formula is C14H27N3O. The van der Waals surface area contributed by atoms with Gasteiger partial charge in [0.25, 0.3) is 0 Å². The Kier molecular flexibility index (Phi) is 9.48. The van der Waals surface area contributed by atoms with E-state index in [1.807, 2.05) is 6.20 Å². The van der Waals surface area contributed by atoms with Gasteiger partial charge in [0.15, 0.2) is 0 Å². The Morgan fingerprint density at radius 3 is 2.89 bits per heavy atom. The number of nitrogens with one attached hydrogen (secondary N) is 2. The molecule has 0 aromatic carbocycles. The number of aryl methyl sites for hydroxylation is 1. The van der Waals surface area contributed by atoms with Gasteiger partial charge in [-0.3, -0.25) is 0 Å². The molecule has 0 spiro atoms. The van der Waals surface area contributed by atoms with Crippen LogP contribution in [0, 0.1) is 0 Å². The Morgan fingerprint density at radius 2 is 2.11 bits per heavy atom. The molecule has 0 bridgehead atoms. The molecule has 0 saturated heterocycles. The lowest BCUT2D eigenvalue weighted by Gasteiger charge is -2.05. The molecule has 4 nitrogen and oxygen atoms in total. The number of H-pyrrole nitrogens is 1. The van der Waals surface area contributed by atoms with Crippen molar-refractivity contribution in [2.24, 2.45) is 0 Å². The SMILES string of the molecule is CCCCCCOCCNCCCc1ncc[nH]1. The van der Waals surface area contributed by atoms with E-state index in [1.165, 1.54) is 25.7 Å². The highest BCUT2D eigenvalue weighted by Gasteiger charge is 1.94. The fourth-order valence-electron chi connectivity index (χ4n) is 1.82. The van der Waals surface area contributed by atoms with E-state index < -0.39 is 0 Å². The average molecular weight is 253 g/mol. The van der Waals surface area contributed by atoms with Crippen molar-refractivity contribution in [3.63, 3.8) is 0 Å². The number of rotatable bonds is 12. The Bertz CT molecular complexity index is 262. The lowest BCUT2D eigenvalue weighted by atomic mass is 10.2. The maximum absolute atomic E-state index is 5.55. The second-order valence-electron chi connectivity index (χ2n) is 4.56. The maximum Gasteiger partial charge on any atom is 0.106 e. The molecule has 0 amide bonds. The predicted octanol–water partition coefficient (Wildman–Crippen LogP) is 2.53. The molecule has 104 valence electrons. The Balaban J connectivity index is 1.73. The summed E-state index contributed by atoms with van der Waals surface area (Å²) in [7, 11) is 0. The second kappa shape index (κ2) is 11.2. The van der Waals surface area contributed by atoms with Crippen molar-refractivity contribution in [3.05, 3.63) is 18.2 Å². The Morgan fingerprint density at radius 1 is 1.17 bits per heavy atom. The van der Waals surface area contributed by atoms with Gasteiger partial charge >= 0.3 is 0 Å². The number of ether oxygens (including phenoxy) is 1. The fourth-order valence-corrected chi connectivity index (χ4v) is 1.82. The minimum atomic E-state index is 0.826. The zero-order valence-electron chi connectivity index (χ0n) is 11.6. The molecule has 18 heavy (non-hydrogen) atoms. The number of aromatic nitrogens is 2. The van der Waals surface area contributed by atoms with Crippen molar-refractivity contribution in [2.75, 3.05) is 26.3 Å². The van der Waals surface area contributed by atoms with E-state index in [9.17, 15) is 0 Å². The number of unbranched alkanes of at least 4 members (excludes halogenated alkanes) is 3. The van der Waals surface area contributed by atoms with Gasteiger partial charge in [0.1, 0.15) is 5.82 Å². The highest BCUT2D eigenvalue weighted by molar-refractivity contribution is 4.86. The van der Waals surface area contributed by atoms with Crippen LogP contribution in [0.15, 0.2) is 12.4 Å². The molecule has 0 radical (unpaired) electrons. The number of imidazole rings is 1. The molecule has 1 heterocycles. The summed E-state index contributed by atoms with van der Waals surface area (Å²) in [5, 5.41) is 3.38. The van der Waals surface area contributed by atoms with Crippen LogP contribution in [-0.2, 0) is 11.2 Å². The third kappa shape index (κ3) is 8.25. The van der Waals surface area contributed by atoms with Crippen LogP contribution in [0.1, 0.15) is 44.9 Å². The van der Waals surface area contributed by atoms with E-state index in [4.69, 9.17) is 4.74 Å². The fraction of sp³-hybridized carbons (Fsp3) is 0.786. The van der Waals surface area contributed by atoms with Gasteiger partial charge in [0.05, 0.1) is 6.61 Å².